The van der Waals surface area contributed by atoms with Crippen LogP contribution in [0.5, 0.6) is 5.75 Å². The Kier molecular flexibility index (Phi) is 5.63. The van der Waals surface area contributed by atoms with Gasteiger partial charge in [-0.1, -0.05) is 43.3 Å². The molecule has 0 aliphatic heterocycles. The molecule has 0 saturated carbocycles. The standard InChI is InChI=1S/C20H20FN3O2/c1-14(15-6-3-2-4-7-15)12-22-20(25)19-11-17(23-24-19)13-26-18-9-5-8-16(21)10-18/h2-11,14H,12-13H2,1H3,(H,22,25)(H,23,24)/t14-/m0/s1. The summed E-state index contributed by atoms with van der Waals surface area (Å²) in [5.41, 5.74) is 2.10. The first-order valence-corrected chi connectivity index (χ1v) is 8.37. The van der Waals surface area contributed by atoms with E-state index >= 15 is 0 Å². The van der Waals surface area contributed by atoms with Gasteiger partial charge in [-0.05, 0) is 29.7 Å². The Morgan fingerprint density at radius 1 is 1.19 bits per heavy atom. The molecule has 134 valence electrons. The Labute approximate surface area is 151 Å². The lowest BCUT2D eigenvalue weighted by Crippen LogP contribution is -2.27. The number of hydrogen-bond acceptors (Lipinski definition) is 3. The molecule has 0 aliphatic rings. The number of benzene rings is 2. The van der Waals surface area contributed by atoms with Crippen molar-refractivity contribution in [2.24, 2.45) is 0 Å². The zero-order chi connectivity index (χ0) is 18.4. The maximum atomic E-state index is 13.1. The van der Waals surface area contributed by atoms with Crippen LogP contribution in [0, 0.1) is 5.82 Å². The van der Waals surface area contributed by atoms with Gasteiger partial charge in [0.1, 0.15) is 23.9 Å². The van der Waals surface area contributed by atoms with Gasteiger partial charge in [0.05, 0.1) is 5.69 Å². The molecule has 3 rings (SSSR count). The molecular weight excluding hydrogens is 333 g/mol. The number of aromatic nitrogens is 2. The van der Waals surface area contributed by atoms with Crippen LogP contribution in [-0.4, -0.2) is 22.6 Å². The largest absolute Gasteiger partial charge is 0.487 e. The molecule has 0 spiro atoms. The summed E-state index contributed by atoms with van der Waals surface area (Å²) in [4.78, 5) is 12.2. The summed E-state index contributed by atoms with van der Waals surface area (Å²) < 4.78 is 18.6. The monoisotopic (exact) mass is 353 g/mol. The SMILES string of the molecule is C[C@@H](CNC(=O)c1cc(COc2cccc(F)c2)[nH]n1)c1ccccc1. The number of H-pyrrole nitrogens is 1. The van der Waals surface area contributed by atoms with Gasteiger partial charge in [0.2, 0.25) is 0 Å². The molecule has 26 heavy (non-hydrogen) atoms. The van der Waals surface area contributed by atoms with E-state index in [2.05, 4.69) is 22.4 Å². The van der Waals surface area contributed by atoms with Crippen LogP contribution in [0.1, 0.15) is 34.6 Å². The van der Waals surface area contributed by atoms with E-state index < -0.39 is 0 Å². The van der Waals surface area contributed by atoms with Gasteiger partial charge in [-0.3, -0.25) is 9.89 Å². The van der Waals surface area contributed by atoms with Crippen molar-refractivity contribution >= 4 is 5.91 Å². The topological polar surface area (TPSA) is 67.0 Å². The van der Waals surface area contributed by atoms with E-state index in [0.29, 0.717) is 23.7 Å². The minimum Gasteiger partial charge on any atom is -0.487 e. The zero-order valence-corrected chi connectivity index (χ0v) is 14.4. The van der Waals surface area contributed by atoms with Crippen molar-refractivity contribution in [3.05, 3.63) is 83.4 Å². The van der Waals surface area contributed by atoms with Crippen molar-refractivity contribution in [3.8, 4) is 5.75 Å². The van der Waals surface area contributed by atoms with Gasteiger partial charge in [0.25, 0.3) is 5.91 Å². The van der Waals surface area contributed by atoms with E-state index in [4.69, 9.17) is 4.74 Å². The number of halogens is 1. The third-order valence-corrected chi connectivity index (χ3v) is 3.99. The van der Waals surface area contributed by atoms with E-state index in [1.54, 1.807) is 18.2 Å². The van der Waals surface area contributed by atoms with Crippen LogP contribution in [0.4, 0.5) is 4.39 Å². The number of nitrogens with zero attached hydrogens (tertiary/aromatic N) is 1. The lowest BCUT2D eigenvalue weighted by molar-refractivity contribution is 0.0946. The van der Waals surface area contributed by atoms with Gasteiger partial charge in [-0.25, -0.2) is 4.39 Å². The van der Waals surface area contributed by atoms with Crippen LogP contribution in [-0.2, 0) is 6.61 Å². The van der Waals surface area contributed by atoms with Crippen molar-refractivity contribution in [3.63, 3.8) is 0 Å². The average Bonchev–Trinajstić information content (AvgIpc) is 3.14. The van der Waals surface area contributed by atoms with Crippen LogP contribution in [0.3, 0.4) is 0 Å². The molecule has 1 atom stereocenters. The fourth-order valence-corrected chi connectivity index (χ4v) is 2.51. The summed E-state index contributed by atoms with van der Waals surface area (Å²) in [5, 5.41) is 9.65. The molecule has 2 aromatic carbocycles. The number of nitrogens with one attached hydrogen (secondary N) is 2. The maximum Gasteiger partial charge on any atom is 0.271 e. The van der Waals surface area contributed by atoms with E-state index in [0.717, 1.165) is 0 Å². The fourth-order valence-electron chi connectivity index (χ4n) is 2.51. The Bertz CT molecular complexity index is 864. The molecule has 0 fully saturated rings. The van der Waals surface area contributed by atoms with Crippen LogP contribution < -0.4 is 10.1 Å². The van der Waals surface area contributed by atoms with Gasteiger partial charge < -0.3 is 10.1 Å². The average molecular weight is 353 g/mol. The summed E-state index contributed by atoms with van der Waals surface area (Å²) in [5.74, 6) is 0.0120. The molecule has 2 N–H and O–H groups in total. The highest BCUT2D eigenvalue weighted by Crippen LogP contribution is 2.15. The van der Waals surface area contributed by atoms with Crippen molar-refractivity contribution in [2.45, 2.75) is 19.4 Å². The highest BCUT2D eigenvalue weighted by Gasteiger charge is 2.13. The summed E-state index contributed by atoms with van der Waals surface area (Å²) in [6.45, 7) is 2.74. The molecule has 0 radical (unpaired) electrons. The van der Waals surface area contributed by atoms with Gasteiger partial charge in [0, 0.05) is 12.6 Å². The number of carbonyl (C=O) groups excluding carboxylic acids is 1. The van der Waals surface area contributed by atoms with E-state index in [1.807, 2.05) is 30.3 Å². The molecule has 0 bridgehead atoms. The summed E-state index contributed by atoms with van der Waals surface area (Å²) in [7, 11) is 0. The predicted molar refractivity (Wildman–Crippen MR) is 96.5 cm³/mol. The van der Waals surface area contributed by atoms with Crippen LogP contribution >= 0.6 is 0 Å². The first-order chi connectivity index (χ1) is 12.6. The zero-order valence-electron chi connectivity index (χ0n) is 14.4. The normalized spacial score (nSPS) is 11.8. The lowest BCUT2D eigenvalue weighted by Gasteiger charge is -2.12. The third kappa shape index (κ3) is 4.69. The quantitative estimate of drug-likeness (QED) is 0.681. The minimum absolute atomic E-state index is 0.171. The molecule has 3 aromatic rings. The van der Waals surface area contributed by atoms with E-state index in [1.165, 1.54) is 17.7 Å². The molecule has 0 saturated heterocycles. The Morgan fingerprint density at radius 2 is 2.00 bits per heavy atom. The molecule has 1 amide bonds. The molecule has 0 aliphatic carbocycles. The molecule has 6 heteroatoms. The molecule has 5 nitrogen and oxygen atoms in total. The predicted octanol–water partition coefficient (Wildman–Crippen LogP) is 3.66. The smallest absolute Gasteiger partial charge is 0.271 e. The second-order valence-electron chi connectivity index (χ2n) is 6.05. The van der Waals surface area contributed by atoms with Crippen LogP contribution in [0.25, 0.3) is 0 Å². The lowest BCUT2D eigenvalue weighted by atomic mass is 10.0. The van der Waals surface area contributed by atoms with Crippen molar-refractivity contribution in [2.75, 3.05) is 6.54 Å². The second-order valence-corrected chi connectivity index (χ2v) is 6.05. The second kappa shape index (κ2) is 8.29. The van der Waals surface area contributed by atoms with Gasteiger partial charge in [-0.2, -0.15) is 5.10 Å². The number of ether oxygens (including phenoxy) is 1. The van der Waals surface area contributed by atoms with Crippen LogP contribution in [0.2, 0.25) is 0 Å². The number of rotatable bonds is 7. The Morgan fingerprint density at radius 3 is 2.77 bits per heavy atom. The molecule has 1 heterocycles. The molecular formula is C20H20FN3O2. The summed E-state index contributed by atoms with van der Waals surface area (Å²) >= 11 is 0. The Balaban J connectivity index is 1.51. The van der Waals surface area contributed by atoms with E-state index in [9.17, 15) is 9.18 Å². The van der Waals surface area contributed by atoms with Gasteiger partial charge >= 0.3 is 0 Å². The number of amides is 1. The highest BCUT2D eigenvalue weighted by atomic mass is 19.1. The maximum absolute atomic E-state index is 13.1. The minimum atomic E-state index is -0.361. The summed E-state index contributed by atoms with van der Waals surface area (Å²) in [6.07, 6.45) is 0. The molecule has 0 unspecified atom stereocenters. The first-order valence-electron chi connectivity index (χ1n) is 8.37. The fraction of sp³-hybridized carbons (Fsp3) is 0.200. The van der Waals surface area contributed by atoms with Gasteiger partial charge in [-0.15, -0.1) is 0 Å². The van der Waals surface area contributed by atoms with E-state index in [-0.39, 0.29) is 24.2 Å². The van der Waals surface area contributed by atoms with Crippen molar-refractivity contribution in [1.29, 1.82) is 0 Å². The number of hydrogen-bond donors (Lipinski definition) is 2. The number of aromatic amines is 1. The highest BCUT2D eigenvalue weighted by molar-refractivity contribution is 5.92. The number of carbonyl (C=O) groups is 1. The molecule has 1 aromatic heterocycles. The summed E-state index contributed by atoms with van der Waals surface area (Å²) in [6, 6.07) is 17.5. The van der Waals surface area contributed by atoms with Gasteiger partial charge in [0.15, 0.2) is 0 Å². The van der Waals surface area contributed by atoms with Crippen molar-refractivity contribution in [1.82, 2.24) is 15.5 Å². The van der Waals surface area contributed by atoms with Crippen LogP contribution in [0.15, 0.2) is 60.7 Å². The third-order valence-electron chi connectivity index (χ3n) is 3.99. The van der Waals surface area contributed by atoms with Crippen molar-refractivity contribution < 1.29 is 13.9 Å². The Hall–Kier alpha value is -3.15. The first kappa shape index (κ1) is 17.7.